The number of para-hydroxylation sites is 2. The molecule has 1 aliphatic heterocycles. The molecule has 1 aromatic heterocycles. The zero-order chi connectivity index (χ0) is 22.5. The lowest BCUT2D eigenvalue weighted by Gasteiger charge is -2.33. The van der Waals surface area contributed by atoms with Crippen LogP contribution in [0.4, 0.5) is 0 Å². The predicted molar refractivity (Wildman–Crippen MR) is 131 cm³/mol. The smallest absolute Gasteiger partial charge is 0.240 e. The van der Waals surface area contributed by atoms with Crippen molar-refractivity contribution in [1.29, 1.82) is 0 Å². The second kappa shape index (κ2) is 9.92. The van der Waals surface area contributed by atoms with Gasteiger partial charge in [-0.25, -0.2) is 0 Å². The van der Waals surface area contributed by atoms with Crippen LogP contribution in [0.25, 0.3) is 10.9 Å². The topological polar surface area (TPSA) is 57.4 Å². The highest BCUT2D eigenvalue weighted by atomic mass is 16.5. The number of benzene rings is 3. The van der Waals surface area contributed by atoms with E-state index in [4.69, 9.17) is 4.74 Å². The first-order valence-electron chi connectivity index (χ1n) is 11.6. The number of nitrogens with one attached hydrogen (secondary N) is 2. The maximum Gasteiger partial charge on any atom is 0.240 e. The van der Waals surface area contributed by atoms with Crippen LogP contribution in [-0.2, 0) is 24.2 Å². The van der Waals surface area contributed by atoms with Crippen molar-refractivity contribution in [3.05, 3.63) is 102 Å². The van der Waals surface area contributed by atoms with Crippen molar-refractivity contribution in [3.8, 4) is 5.75 Å². The molecule has 168 valence electrons. The van der Waals surface area contributed by atoms with Gasteiger partial charge in [0.05, 0.1) is 6.04 Å². The van der Waals surface area contributed by atoms with E-state index in [1.165, 1.54) is 10.9 Å². The fraction of sp³-hybridized carbons (Fsp3) is 0.250. The lowest BCUT2D eigenvalue weighted by molar-refractivity contribution is -0.135. The van der Waals surface area contributed by atoms with Crippen LogP contribution in [0, 0.1) is 0 Å². The van der Waals surface area contributed by atoms with Crippen molar-refractivity contribution in [3.63, 3.8) is 0 Å². The molecule has 2 N–H and O–H groups in total. The number of carbonyl (C=O) groups is 1. The highest BCUT2D eigenvalue weighted by Crippen LogP contribution is 2.22. The van der Waals surface area contributed by atoms with Gasteiger partial charge in [-0.1, -0.05) is 66.7 Å². The van der Waals surface area contributed by atoms with Gasteiger partial charge in [0.2, 0.25) is 5.91 Å². The highest BCUT2D eigenvalue weighted by molar-refractivity contribution is 5.86. The molecular weight excluding hydrogens is 410 g/mol. The molecule has 5 heteroatoms. The fourth-order valence-corrected chi connectivity index (χ4v) is 4.54. The van der Waals surface area contributed by atoms with E-state index in [1.54, 1.807) is 0 Å². The normalized spacial score (nSPS) is 16.3. The predicted octanol–water partition coefficient (Wildman–Crippen LogP) is 4.33. The van der Waals surface area contributed by atoms with Crippen LogP contribution in [0.1, 0.15) is 16.7 Å². The monoisotopic (exact) mass is 439 g/mol. The van der Waals surface area contributed by atoms with Crippen molar-refractivity contribution in [2.24, 2.45) is 0 Å². The number of hydrogen-bond donors (Lipinski definition) is 2. The Labute approximate surface area is 194 Å². The number of ether oxygens (including phenoxy) is 1. The second-order valence-corrected chi connectivity index (χ2v) is 8.53. The Morgan fingerprint density at radius 3 is 2.61 bits per heavy atom. The minimum Gasteiger partial charge on any atom is -0.489 e. The zero-order valence-corrected chi connectivity index (χ0v) is 18.7. The lowest BCUT2D eigenvalue weighted by Crippen LogP contribution is -2.56. The molecule has 0 unspecified atom stereocenters. The molecule has 5 nitrogen and oxygen atoms in total. The van der Waals surface area contributed by atoms with Crippen molar-refractivity contribution < 1.29 is 9.53 Å². The van der Waals surface area contributed by atoms with Gasteiger partial charge in [-0.3, -0.25) is 4.79 Å². The summed E-state index contributed by atoms with van der Waals surface area (Å²) in [4.78, 5) is 18.5. The number of amides is 1. The molecular formula is C28H29N3O2. The zero-order valence-electron chi connectivity index (χ0n) is 18.7. The van der Waals surface area contributed by atoms with Gasteiger partial charge < -0.3 is 19.9 Å². The van der Waals surface area contributed by atoms with Crippen molar-refractivity contribution >= 4 is 16.8 Å². The number of piperazine rings is 1. The molecule has 1 fully saturated rings. The summed E-state index contributed by atoms with van der Waals surface area (Å²) in [6, 6.07) is 26.4. The van der Waals surface area contributed by atoms with Crippen LogP contribution in [-0.4, -0.2) is 41.5 Å². The highest BCUT2D eigenvalue weighted by Gasteiger charge is 2.29. The van der Waals surface area contributed by atoms with E-state index in [0.29, 0.717) is 19.6 Å². The van der Waals surface area contributed by atoms with Gasteiger partial charge >= 0.3 is 0 Å². The summed E-state index contributed by atoms with van der Waals surface area (Å²) in [5, 5.41) is 4.61. The molecule has 5 rings (SSSR count). The van der Waals surface area contributed by atoms with Gasteiger partial charge in [0, 0.05) is 36.7 Å². The second-order valence-electron chi connectivity index (χ2n) is 8.53. The van der Waals surface area contributed by atoms with Gasteiger partial charge in [0.1, 0.15) is 12.4 Å². The first-order valence-corrected chi connectivity index (χ1v) is 11.6. The summed E-state index contributed by atoms with van der Waals surface area (Å²) in [6.45, 7) is 2.77. The van der Waals surface area contributed by atoms with E-state index in [0.717, 1.165) is 41.9 Å². The van der Waals surface area contributed by atoms with Gasteiger partial charge in [-0.2, -0.15) is 0 Å². The molecule has 0 aliphatic carbocycles. The number of hydrogen-bond acceptors (Lipinski definition) is 3. The number of aromatic nitrogens is 1. The third kappa shape index (κ3) is 4.94. The molecule has 2 heterocycles. The number of fused-ring (bicyclic) bond motifs is 1. The third-order valence-corrected chi connectivity index (χ3v) is 6.34. The minimum absolute atomic E-state index is 0.175. The Morgan fingerprint density at radius 2 is 1.70 bits per heavy atom. The van der Waals surface area contributed by atoms with Gasteiger partial charge in [0.15, 0.2) is 0 Å². The van der Waals surface area contributed by atoms with E-state index in [9.17, 15) is 4.79 Å². The molecule has 0 saturated carbocycles. The summed E-state index contributed by atoms with van der Waals surface area (Å²) in [5.74, 6) is 1.06. The number of H-pyrrole nitrogens is 1. The maximum absolute atomic E-state index is 13.2. The minimum atomic E-state index is -0.192. The Hall–Kier alpha value is -3.57. The summed E-state index contributed by atoms with van der Waals surface area (Å²) < 4.78 is 6.10. The molecule has 3 aromatic carbocycles. The molecule has 1 aliphatic rings. The average Bonchev–Trinajstić information content (AvgIpc) is 3.27. The molecule has 1 atom stereocenters. The average molecular weight is 440 g/mol. The largest absolute Gasteiger partial charge is 0.489 e. The van der Waals surface area contributed by atoms with Crippen molar-refractivity contribution in [2.45, 2.75) is 25.5 Å². The van der Waals surface area contributed by atoms with Crippen LogP contribution in [0.15, 0.2) is 85.1 Å². The standard InChI is InChI=1S/C28H29N3O2/c32-28-26(18-23-19-30-25-12-6-5-11-24(23)25)29-15-17-31(28)16-14-22-10-4-7-13-27(22)33-20-21-8-2-1-3-9-21/h1-13,19,26,29-30H,14-18,20H2/t26-/m0/s1. The molecule has 0 spiro atoms. The SMILES string of the molecule is O=C1[C@H](Cc2c[nH]c3ccccc23)NCCN1CCc1ccccc1OCc1ccccc1. The quantitative estimate of drug-likeness (QED) is 0.430. The van der Waals surface area contributed by atoms with E-state index in [1.807, 2.05) is 59.6 Å². The Kier molecular flexibility index (Phi) is 6.40. The summed E-state index contributed by atoms with van der Waals surface area (Å²) in [7, 11) is 0. The summed E-state index contributed by atoms with van der Waals surface area (Å²) in [5.41, 5.74) is 4.57. The number of nitrogens with zero attached hydrogens (tertiary/aromatic N) is 1. The van der Waals surface area contributed by atoms with Gasteiger partial charge in [0.25, 0.3) is 0 Å². The molecule has 1 saturated heterocycles. The first kappa shape index (κ1) is 21.3. The number of aromatic amines is 1. The van der Waals surface area contributed by atoms with E-state index in [-0.39, 0.29) is 11.9 Å². The van der Waals surface area contributed by atoms with Crippen LogP contribution in [0.2, 0.25) is 0 Å². The van der Waals surface area contributed by atoms with Crippen LogP contribution < -0.4 is 10.1 Å². The van der Waals surface area contributed by atoms with E-state index < -0.39 is 0 Å². The van der Waals surface area contributed by atoms with E-state index >= 15 is 0 Å². The molecule has 4 aromatic rings. The molecule has 1 amide bonds. The number of carbonyl (C=O) groups excluding carboxylic acids is 1. The first-order chi connectivity index (χ1) is 16.3. The maximum atomic E-state index is 13.2. The molecule has 33 heavy (non-hydrogen) atoms. The molecule has 0 radical (unpaired) electrons. The lowest BCUT2D eigenvalue weighted by atomic mass is 10.0. The summed E-state index contributed by atoms with van der Waals surface area (Å²) in [6.07, 6.45) is 3.49. The van der Waals surface area contributed by atoms with Crippen molar-refractivity contribution in [1.82, 2.24) is 15.2 Å². The number of rotatable bonds is 8. The fourth-order valence-electron chi connectivity index (χ4n) is 4.54. The molecule has 0 bridgehead atoms. The Balaban J connectivity index is 1.21. The Morgan fingerprint density at radius 1 is 0.909 bits per heavy atom. The van der Waals surface area contributed by atoms with Crippen LogP contribution in [0.3, 0.4) is 0 Å². The summed E-state index contributed by atoms with van der Waals surface area (Å²) >= 11 is 0. The van der Waals surface area contributed by atoms with Crippen LogP contribution >= 0.6 is 0 Å². The van der Waals surface area contributed by atoms with Crippen LogP contribution in [0.5, 0.6) is 5.75 Å². The van der Waals surface area contributed by atoms with Gasteiger partial charge in [-0.15, -0.1) is 0 Å². The third-order valence-electron chi connectivity index (χ3n) is 6.34. The van der Waals surface area contributed by atoms with Crippen molar-refractivity contribution in [2.75, 3.05) is 19.6 Å². The Bertz CT molecular complexity index is 1220. The van der Waals surface area contributed by atoms with Gasteiger partial charge in [-0.05, 0) is 41.7 Å². The van der Waals surface area contributed by atoms with E-state index in [2.05, 4.69) is 40.6 Å².